The van der Waals surface area contributed by atoms with Gasteiger partial charge in [0.1, 0.15) is 5.82 Å². The van der Waals surface area contributed by atoms with Crippen molar-refractivity contribution >= 4 is 27.2 Å². The second-order valence-corrected chi connectivity index (χ2v) is 11.1. The predicted octanol–water partition coefficient (Wildman–Crippen LogP) is 9.73. The fraction of sp³-hybridized carbons (Fsp3) is 0.419. The Bertz CT molecular complexity index is 1290. The van der Waals surface area contributed by atoms with Gasteiger partial charge in [0.05, 0.1) is 20.8 Å². The molecule has 3 heterocycles. The fourth-order valence-corrected chi connectivity index (χ4v) is 5.02. The van der Waals surface area contributed by atoms with Crippen molar-refractivity contribution in [3.63, 3.8) is 0 Å². The molecule has 1 aliphatic rings. The van der Waals surface area contributed by atoms with Crippen LogP contribution in [0.5, 0.6) is 0 Å². The summed E-state index contributed by atoms with van der Waals surface area (Å²) in [7, 11) is 2.16. The Balaban J connectivity index is 0.000000312. The zero-order valence-electron chi connectivity index (χ0n) is 23.8. The van der Waals surface area contributed by atoms with Crippen molar-refractivity contribution in [2.45, 2.75) is 71.9 Å². The van der Waals surface area contributed by atoms with Gasteiger partial charge in [0.25, 0.3) is 0 Å². The molecule has 3 aromatic heterocycles. The van der Waals surface area contributed by atoms with Crippen LogP contribution >= 0.6 is 11.3 Å². The molecule has 5 rings (SSSR count). The van der Waals surface area contributed by atoms with Crippen molar-refractivity contribution in [2.24, 2.45) is 0 Å². The van der Waals surface area contributed by atoms with Gasteiger partial charge in [0.2, 0.25) is 0 Å². The van der Waals surface area contributed by atoms with Crippen molar-refractivity contribution in [1.82, 2.24) is 14.9 Å². The van der Waals surface area contributed by atoms with E-state index in [9.17, 15) is 4.39 Å². The van der Waals surface area contributed by atoms with Crippen LogP contribution in [-0.4, -0.2) is 34.5 Å². The van der Waals surface area contributed by atoms with Crippen LogP contribution in [0, 0.1) is 12.7 Å². The molecule has 0 amide bonds. The Morgan fingerprint density at radius 1 is 1.10 bits per heavy atom. The normalized spacial score (nSPS) is 13.1. The SMILES string of the molecule is CCCN(C)Cc1ccc(-c2cc3nccc(C(C)CC)c3s2)nc1.Cc1ccc([NH-])cc1F.[NH-]C1CC1.[Y]. The zero-order chi connectivity index (χ0) is 27.7. The summed E-state index contributed by atoms with van der Waals surface area (Å²) >= 11 is 1.81. The molecule has 4 aromatic rings. The minimum Gasteiger partial charge on any atom is -0.699 e. The van der Waals surface area contributed by atoms with E-state index >= 15 is 0 Å². The Labute approximate surface area is 262 Å². The summed E-state index contributed by atoms with van der Waals surface area (Å²) in [4.78, 5) is 12.8. The van der Waals surface area contributed by atoms with Crippen LogP contribution in [0.3, 0.4) is 0 Å². The molecule has 8 heteroatoms. The second-order valence-electron chi connectivity index (χ2n) is 10.1. The first-order valence-electron chi connectivity index (χ1n) is 13.4. The van der Waals surface area contributed by atoms with Crippen LogP contribution in [0.2, 0.25) is 0 Å². The largest absolute Gasteiger partial charge is 0.699 e. The number of thiophene rings is 1. The number of rotatable bonds is 7. The Hall–Kier alpha value is -1.77. The molecule has 1 atom stereocenters. The van der Waals surface area contributed by atoms with Crippen molar-refractivity contribution in [1.29, 1.82) is 0 Å². The van der Waals surface area contributed by atoms with Gasteiger partial charge < -0.3 is 16.4 Å². The third kappa shape index (κ3) is 10.6. The van der Waals surface area contributed by atoms with Gasteiger partial charge >= 0.3 is 0 Å². The number of fused-ring (bicyclic) bond motifs is 1. The molecule has 1 radical (unpaired) electrons. The number of nitrogens with one attached hydrogen (secondary N) is 2. The van der Waals surface area contributed by atoms with Gasteiger partial charge in [-0.2, -0.15) is 0 Å². The summed E-state index contributed by atoms with van der Waals surface area (Å²) in [5.74, 6) is 0.254. The van der Waals surface area contributed by atoms with E-state index in [0.29, 0.717) is 17.5 Å². The molecule has 5 nitrogen and oxygen atoms in total. The monoisotopic (exact) mass is 622 g/mol. The number of hydrogen-bond acceptors (Lipinski definition) is 4. The van der Waals surface area contributed by atoms with Crippen LogP contribution in [0.25, 0.3) is 32.3 Å². The molecular weight excluding hydrogens is 582 g/mol. The minimum atomic E-state index is -0.303. The van der Waals surface area contributed by atoms with E-state index in [2.05, 4.69) is 62.0 Å². The number of aryl methyl sites for hydroxylation is 1. The molecule has 207 valence electrons. The van der Waals surface area contributed by atoms with E-state index in [1.54, 1.807) is 19.1 Å². The number of hydrogen-bond donors (Lipinski definition) is 0. The molecule has 0 aliphatic heterocycles. The molecule has 1 fully saturated rings. The summed E-state index contributed by atoms with van der Waals surface area (Å²) in [6.07, 6.45) is 8.56. The van der Waals surface area contributed by atoms with Gasteiger partial charge in [-0.25, -0.2) is 4.39 Å². The summed E-state index contributed by atoms with van der Waals surface area (Å²) in [5, 5.41) is 0. The van der Waals surface area contributed by atoms with Gasteiger partial charge in [-0.3, -0.25) is 9.97 Å². The Kier molecular flexibility index (Phi) is 14.1. The van der Waals surface area contributed by atoms with Gasteiger partial charge in [-0.1, -0.05) is 51.8 Å². The summed E-state index contributed by atoms with van der Waals surface area (Å²) in [6, 6.07) is 13.4. The molecule has 1 unspecified atom stereocenters. The van der Waals surface area contributed by atoms with E-state index in [4.69, 9.17) is 16.5 Å². The third-order valence-corrected chi connectivity index (χ3v) is 7.67. The van der Waals surface area contributed by atoms with Crippen molar-refractivity contribution < 1.29 is 37.1 Å². The predicted molar refractivity (Wildman–Crippen MR) is 161 cm³/mol. The molecule has 39 heavy (non-hydrogen) atoms. The summed E-state index contributed by atoms with van der Waals surface area (Å²) in [6.45, 7) is 10.5. The van der Waals surface area contributed by atoms with E-state index in [1.807, 2.05) is 23.7 Å². The standard InChI is InChI=1S/C21H27N3S.C7H7FN.C3H6N.Y/c1-5-11-24(4)14-16-7-8-18(23-13-16)20-12-19-21(25-20)17(9-10-22-19)15(3)6-2;1-5-2-3-6(9)4-7(5)8;4-3-1-2-3;/h7-10,12-13,15H,5-6,11,14H2,1-4H3;2-4,9H,1H3;3-4H,1-2H2;/q;2*-1;. The number of pyridine rings is 2. The van der Waals surface area contributed by atoms with Gasteiger partial charge in [0, 0.05) is 51.6 Å². The maximum absolute atomic E-state index is 12.5. The zero-order valence-corrected chi connectivity index (χ0v) is 27.5. The summed E-state index contributed by atoms with van der Waals surface area (Å²) < 4.78 is 13.8. The third-order valence-electron chi connectivity index (χ3n) is 6.47. The van der Waals surface area contributed by atoms with Crippen molar-refractivity contribution in [2.75, 3.05) is 13.6 Å². The van der Waals surface area contributed by atoms with E-state index in [0.717, 1.165) is 43.6 Å². The van der Waals surface area contributed by atoms with E-state index in [1.165, 1.54) is 33.2 Å². The topological polar surface area (TPSA) is 76.6 Å². The first kappa shape index (κ1) is 33.4. The molecule has 1 saturated carbocycles. The minimum absolute atomic E-state index is 0. The smallest absolute Gasteiger partial charge is 0.124 e. The van der Waals surface area contributed by atoms with Crippen LogP contribution < -0.4 is 0 Å². The van der Waals surface area contributed by atoms with Crippen LogP contribution in [0.1, 0.15) is 69.1 Å². The molecule has 0 saturated heterocycles. The average molecular weight is 623 g/mol. The van der Waals surface area contributed by atoms with Crippen LogP contribution in [-0.2, 0) is 39.3 Å². The molecule has 1 aliphatic carbocycles. The first-order valence-corrected chi connectivity index (χ1v) is 14.2. The van der Waals surface area contributed by atoms with Crippen molar-refractivity contribution in [3.8, 4) is 10.6 Å². The number of benzene rings is 1. The van der Waals surface area contributed by atoms with E-state index < -0.39 is 0 Å². The van der Waals surface area contributed by atoms with Gasteiger partial charge in [-0.15, -0.1) is 23.1 Å². The maximum Gasteiger partial charge on any atom is 0.124 e. The van der Waals surface area contributed by atoms with E-state index in [-0.39, 0.29) is 44.2 Å². The number of nitrogens with zero attached hydrogens (tertiary/aromatic N) is 3. The molecule has 0 spiro atoms. The van der Waals surface area contributed by atoms with Crippen LogP contribution in [0.4, 0.5) is 10.1 Å². The molecule has 1 aromatic carbocycles. The van der Waals surface area contributed by atoms with Gasteiger partial charge in [-0.05, 0) is 80.2 Å². The second kappa shape index (κ2) is 16.5. The molecule has 2 N–H and O–H groups in total. The quantitative estimate of drug-likeness (QED) is 0.206. The van der Waals surface area contributed by atoms with Gasteiger partial charge in [0.15, 0.2) is 0 Å². The van der Waals surface area contributed by atoms with Crippen LogP contribution in [0.15, 0.2) is 54.9 Å². The summed E-state index contributed by atoms with van der Waals surface area (Å²) in [5.41, 5.74) is 19.3. The van der Waals surface area contributed by atoms with Crippen molar-refractivity contribution in [3.05, 3.63) is 88.8 Å². The first-order chi connectivity index (χ1) is 18.2. The maximum atomic E-state index is 12.5. The molecule has 0 bridgehead atoms. The number of aromatic nitrogens is 2. The Morgan fingerprint density at radius 3 is 2.36 bits per heavy atom. The average Bonchev–Trinajstić information content (AvgIpc) is 3.56. The Morgan fingerprint density at radius 2 is 1.82 bits per heavy atom. The fourth-order valence-electron chi connectivity index (χ4n) is 3.80. The molecular formula is C31H40FN5SY-2. The number of halogens is 1.